The number of hydrogen-bond donors (Lipinski definition) is 2. The molecule has 0 bridgehead atoms. The van der Waals surface area contributed by atoms with E-state index in [-0.39, 0.29) is 11.8 Å². The highest BCUT2D eigenvalue weighted by molar-refractivity contribution is 7.89. The third kappa shape index (κ3) is 7.87. The molecule has 0 saturated heterocycles. The Morgan fingerprint density at radius 2 is 2.00 bits per heavy atom. The SMILES string of the molecule is CC(N)CCCS(N)(=O)=O. The molecule has 4 N–H and O–H groups in total. The molecule has 10 heavy (non-hydrogen) atoms. The molecule has 0 heterocycles. The maximum Gasteiger partial charge on any atom is 0.209 e. The fourth-order valence-corrected chi connectivity index (χ4v) is 1.18. The second kappa shape index (κ2) is 3.90. The summed E-state index contributed by atoms with van der Waals surface area (Å²) in [6.45, 7) is 1.84. The van der Waals surface area contributed by atoms with Gasteiger partial charge in [-0.2, -0.15) is 0 Å². The Bertz CT molecular complexity index is 174. The Hall–Kier alpha value is -0.130. The van der Waals surface area contributed by atoms with Crippen LogP contribution in [0.3, 0.4) is 0 Å². The Kier molecular flexibility index (Phi) is 3.85. The van der Waals surface area contributed by atoms with Crippen LogP contribution in [0.1, 0.15) is 19.8 Å². The summed E-state index contributed by atoms with van der Waals surface area (Å²) in [7, 11) is -3.28. The van der Waals surface area contributed by atoms with Crippen LogP contribution in [-0.4, -0.2) is 20.2 Å². The van der Waals surface area contributed by atoms with Crippen LogP contribution >= 0.6 is 0 Å². The summed E-state index contributed by atoms with van der Waals surface area (Å²) in [6.07, 6.45) is 1.26. The first kappa shape index (κ1) is 9.87. The fourth-order valence-electron chi connectivity index (χ4n) is 0.606. The monoisotopic (exact) mass is 166 g/mol. The van der Waals surface area contributed by atoms with Crippen LogP contribution in [0.15, 0.2) is 0 Å². The Balaban J connectivity index is 3.39. The number of primary sulfonamides is 1. The molecule has 0 aliphatic heterocycles. The van der Waals surface area contributed by atoms with E-state index in [1.807, 2.05) is 6.92 Å². The standard InChI is InChI=1S/C5H14N2O2S/c1-5(6)3-2-4-10(7,8)9/h5H,2-4,6H2,1H3,(H2,7,8,9). The number of sulfonamides is 1. The van der Waals surface area contributed by atoms with Crippen molar-refractivity contribution < 1.29 is 8.42 Å². The van der Waals surface area contributed by atoms with Crippen molar-refractivity contribution in [1.82, 2.24) is 0 Å². The first-order valence-electron chi connectivity index (χ1n) is 3.18. The summed E-state index contributed by atoms with van der Waals surface area (Å²) in [5.41, 5.74) is 5.39. The lowest BCUT2D eigenvalue weighted by Gasteiger charge is -2.01. The molecule has 1 atom stereocenters. The topological polar surface area (TPSA) is 86.2 Å². The first-order valence-corrected chi connectivity index (χ1v) is 4.89. The second-order valence-corrected chi connectivity index (χ2v) is 4.22. The number of rotatable bonds is 4. The first-order chi connectivity index (χ1) is 4.42. The average molecular weight is 166 g/mol. The third-order valence-corrected chi connectivity index (χ3v) is 1.95. The van der Waals surface area contributed by atoms with Crippen LogP contribution in [0.25, 0.3) is 0 Å². The van der Waals surface area contributed by atoms with Gasteiger partial charge in [0.15, 0.2) is 0 Å². The van der Waals surface area contributed by atoms with Gasteiger partial charge >= 0.3 is 0 Å². The Morgan fingerprint density at radius 1 is 1.50 bits per heavy atom. The van der Waals surface area contributed by atoms with Crippen LogP contribution in [0.5, 0.6) is 0 Å². The Labute approximate surface area is 61.6 Å². The molecule has 62 valence electrons. The van der Waals surface area contributed by atoms with E-state index < -0.39 is 10.0 Å². The van der Waals surface area contributed by atoms with Crippen molar-refractivity contribution in [2.75, 3.05) is 5.75 Å². The Morgan fingerprint density at radius 3 is 2.30 bits per heavy atom. The van der Waals surface area contributed by atoms with E-state index in [4.69, 9.17) is 10.9 Å². The summed E-state index contributed by atoms with van der Waals surface area (Å²) < 4.78 is 20.7. The second-order valence-electron chi connectivity index (χ2n) is 2.49. The molecular formula is C5H14N2O2S. The summed E-state index contributed by atoms with van der Waals surface area (Å²) in [5.74, 6) is 0.0362. The van der Waals surface area contributed by atoms with E-state index in [0.717, 1.165) is 0 Å². The summed E-state index contributed by atoms with van der Waals surface area (Å²) in [5, 5.41) is 4.75. The van der Waals surface area contributed by atoms with Gasteiger partial charge in [0.05, 0.1) is 5.75 Å². The highest BCUT2D eigenvalue weighted by atomic mass is 32.2. The molecule has 5 heteroatoms. The molecule has 0 saturated carbocycles. The molecule has 0 aromatic heterocycles. The van der Waals surface area contributed by atoms with Gasteiger partial charge in [-0.15, -0.1) is 0 Å². The molecule has 0 fully saturated rings. The van der Waals surface area contributed by atoms with Gasteiger partial charge in [0.1, 0.15) is 0 Å². The molecule has 1 unspecified atom stereocenters. The largest absolute Gasteiger partial charge is 0.328 e. The molecular weight excluding hydrogens is 152 g/mol. The normalized spacial score (nSPS) is 15.1. The molecule has 0 aliphatic rings. The third-order valence-electron chi connectivity index (χ3n) is 1.09. The van der Waals surface area contributed by atoms with Crippen LogP contribution in [0.4, 0.5) is 0 Å². The highest BCUT2D eigenvalue weighted by Crippen LogP contribution is 1.94. The quantitative estimate of drug-likeness (QED) is 0.585. The van der Waals surface area contributed by atoms with Gasteiger partial charge < -0.3 is 5.73 Å². The molecule has 0 spiro atoms. The zero-order chi connectivity index (χ0) is 8.20. The predicted molar refractivity (Wildman–Crippen MR) is 40.9 cm³/mol. The smallest absolute Gasteiger partial charge is 0.209 e. The molecule has 0 aromatic carbocycles. The van der Waals surface area contributed by atoms with Crippen molar-refractivity contribution in [3.8, 4) is 0 Å². The lowest BCUT2D eigenvalue weighted by molar-refractivity contribution is 0.587. The molecule has 0 rings (SSSR count). The molecule has 0 amide bonds. The highest BCUT2D eigenvalue weighted by Gasteiger charge is 2.02. The van der Waals surface area contributed by atoms with Crippen LogP contribution in [-0.2, 0) is 10.0 Å². The average Bonchev–Trinajstić information content (AvgIpc) is 1.59. The van der Waals surface area contributed by atoms with E-state index in [9.17, 15) is 8.42 Å². The molecule has 4 nitrogen and oxygen atoms in total. The van der Waals surface area contributed by atoms with E-state index in [1.54, 1.807) is 0 Å². The number of nitrogens with two attached hydrogens (primary N) is 2. The van der Waals surface area contributed by atoms with E-state index >= 15 is 0 Å². The summed E-state index contributed by atoms with van der Waals surface area (Å²) >= 11 is 0. The van der Waals surface area contributed by atoms with Crippen molar-refractivity contribution in [1.29, 1.82) is 0 Å². The van der Waals surface area contributed by atoms with Gasteiger partial charge in [0, 0.05) is 6.04 Å². The van der Waals surface area contributed by atoms with Crippen molar-refractivity contribution in [2.24, 2.45) is 10.9 Å². The fraction of sp³-hybridized carbons (Fsp3) is 1.00. The maximum absolute atomic E-state index is 10.3. The maximum atomic E-state index is 10.3. The van der Waals surface area contributed by atoms with E-state index in [0.29, 0.717) is 12.8 Å². The van der Waals surface area contributed by atoms with Crippen LogP contribution in [0, 0.1) is 0 Å². The van der Waals surface area contributed by atoms with Gasteiger partial charge in [-0.05, 0) is 19.8 Å². The van der Waals surface area contributed by atoms with Crippen LogP contribution in [0.2, 0.25) is 0 Å². The van der Waals surface area contributed by atoms with Gasteiger partial charge in [-0.1, -0.05) is 0 Å². The van der Waals surface area contributed by atoms with Gasteiger partial charge in [0.2, 0.25) is 10.0 Å². The lowest BCUT2D eigenvalue weighted by Crippen LogP contribution is -2.20. The van der Waals surface area contributed by atoms with Crippen molar-refractivity contribution in [2.45, 2.75) is 25.8 Å². The van der Waals surface area contributed by atoms with Crippen molar-refractivity contribution in [3.05, 3.63) is 0 Å². The van der Waals surface area contributed by atoms with E-state index in [2.05, 4.69) is 0 Å². The molecule has 0 aliphatic carbocycles. The summed E-state index contributed by atoms with van der Waals surface area (Å²) in [6, 6.07) is 0.0572. The van der Waals surface area contributed by atoms with Gasteiger partial charge in [-0.3, -0.25) is 0 Å². The minimum atomic E-state index is -3.28. The minimum absolute atomic E-state index is 0.0362. The van der Waals surface area contributed by atoms with Gasteiger partial charge in [-0.25, -0.2) is 13.6 Å². The summed E-state index contributed by atoms with van der Waals surface area (Å²) in [4.78, 5) is 0. The number of hydrogen-bond acceptors (Lipinski definition) is 3. The minimum Gasteiger partial charge on any atom is -0.328 e. The van der Waals surface area contributed by atoms with Gasteiger partial charge in [0.25, 0.3) is 0 Å². The van der Waals surface area contributed by atoms with Crippen molar-refractivity contribution in [3.63, 3.8) is 0 Å². The van der Waals surface area contributed by atoms with E-state index in [1.165, 1.54) is 0 Å². The van der Waals surface area contributed by atoms with Crippen LogP contribution < -0.4 is 10.9 Å². The predicted octanol–water partition coefficient (Wildman–Crippen LogP) is -0.598. The van der Waals surface area contributed by atoms with Crippen molar-refractivity contribution >= 4 is 10.0 Å². The molecule has 0 aromatic rings. The zero-order valence-electron chi connectivity index (χ0n) is 6.08. The lowest BCUT2D eigenvalue weighted by atomic mass is 10.2. The molecule has 0 radical (unpaired) electrons. The zero-order valence-corrected chi connectivity index (χ0v) is 6.89.